The van der Waals surface area contributed by atoms with Crippen LogP contribution in [0.5, 0.6) is 5.75 Å². The summed E-state index contributed by atoms with van der Waals surface area (Å²) in [7, 11) is 0. The molecule has 1 heterocycles. The number of carbonyl (C=O) groups is 2. The molecule has 0 saturated carbocycles. The summed E-state index contributed by atoms with van der Waals surface area (Å²) in [5.74, 6) is 0.694. The predicted molar refractivity (Wildman–Crippen MR) is 95.9 cm³/mol. The van der Waals surface area contributed by atoms with Crippen LogP contribution >= 0.6 is 0 Å². The maximum Gasteiger partial charge on any atom is 0.162 e. The topological polar surface area (TPSA) is 48.3 Å². The first-order valence-electron chi connectivity index (χ1n) is 8.18. The fraction of sp³-hybridized carbons (Fsp3) is 0.400. The zero-order valence-corrected chi connectivity index (χ0v) is 15.5. The number of nitrogens with zero attached hydrogens (tertiary/aromatic N) is 1. The second-order valence-electron chi connectivity index (χ2n) is 6.21. The SMILES string of the molecule is CCOc1cc(C)c(-n2c(C)c(C(C)=O)c(C(C)=O)c2C)cc1C. The van der Waals surface area contributed by atoms with Crippen molar-refractivity contribution in [1.82, 2.24) is 4.57 Å². The fourth-order valence-electron chi connectivity index (χ4n) is 3.39. The van der Waals surface area contributed by atoms with Crippen LogP contribution in [0, 0.1) is 27.7 Å². The van der Waals surface area contributed by atoms with Gasteiger partial charge in [0.15, 0.2) is 11.6 Å². The molecule has 0 N–H and O–H groups in total. The van der Waals surface area contributed by atoms with E-state index in [4.69, 9.17) is 4.74 Å². The molecule has 0 atom stereocenters. The van der Waals surface area contributed by atoms with Gasteiger partial charge in [-0.15, -0.1) is 0 Å². The van der Waals surface area contributed by atoms with Crippen LogP contribution in [0.1, 0.15) is 64.0 Å². The number of hydrogen-bond donors (Lipinski definition) is 0. The molecule has 2 rings (SSSR count). The van der Waals surface area contributed by atoms with E-state index in [0.717, 1.165) is 34.0 Å². The number of benzene rings is 1. The molecule has 4 nitrogen and oxygen atoms in total. The van der Waals surface area contributed by atoms with Gasteiger partial charge >= 0.3 is 0 Å². The molecule has 0 aliphatic heterocycles. The Morgan fingerprint density at radius 3 is 1.83 bits per heavy atom. The number of hydrogen-bond acceptors (Lipinski definition) is 3. The number of ether oxygens (including phenoxy) is 1. The Hall–Kier alpha value is -2.36. The molecule has 1 aromatic carbocycles. The molecule has 0 unspecified atom stereocenters. The first-order valence-corrected chi connectivity index (χ1v) is 8.18. The van der Waals surface area contributed by atoms with E-state index in [1.807, 2.05) is 51.3 Å². The molecule has 0 radical (unpaired) electrons. The number of rotatable bonds is 5. The van der Waals surface area contributed by atoms with Gasteiger partial charge < -0.3 is 9.30 Å². The Kier molecular flexibility index (Phi) is 4.97. The monoisotopic (exact) mass is 327 g/mol. The lowest BCUT2D eigenvalue weighted by atomic mass is 10.0. The lowest BCUT2D eigenvalue weighted by molar-refractivity contribution is 0.0981. The van der Waals surface area contributed by atoms with Crippen LogP contribution in [-0.2, 0) is 0 Å². The van der Waals surface area contributed by atoms with Gasteiger partial charge in [0.2, 0.25) is 0 Å². The van der Waals surface area contributed by atoms with E-state index in [-0.39, 0.29) is 11.6 Å². The highest BCUT2D eigenvalue weighted by molar-refractivity contribution is 6.09. The minimum absolute atomic E-state index is 0.0835. The van der Waals surface area contributed by atoms with E-state index in [1.54, 1.807) is 0 Å². The standard InChI is InChI=1S/C20H25NO3/c1-8-24-18-10-11(2)17(9-12(18)3)21-13(4)19(15(6)22)20(14(21)5)16(7)23/h9-10H,8H2,1-7H3. The van der Waals surface area contributed by atoms with Crippen molar-refractivity contribution in [2.24, 2.45) is 0 Å². The van der Waals surface area contributed by atoms with Gasteiger partial charge in [-0.25, -0.2) is 0 Å². The van der Waals surface area contributed by atoms with E-state index in [0.29, 0.717) is 17.7 Å². The molecule has 0 bridgehead atoms. The third-order valence-electron chi connectivity index (χ3n) is 4.38. The molecule has 0 aliphatic carbocycles. The van der Waals surface area contributed by atoms with Gasteiger partial charge in [-0.1, -0.05) is 0 Å². The van der Waals surface area contributed by atoms with Crippen molar-refractivity contribution < 1.29 is 14.3 Å². The van der Waals surface area contributed by atoms with Crippen molar-refractivity contribution in [3.05, 3.63) is 45.8 Å². The Morgan fingerprint density at radius 2 is 1.42 bits per heavy atom. The van der Waals surface area contributed by atoms with Gasteiger partial charge in [0, 0.05) is 28.2 Å². The van der Waals surface area contributed by atoms with E-state index in [9.17, 15) is 9.59 Å². The summed E-state index contributed by atoms with van der Waals surface area (Å²) < 4.78 is 7.66. The quantitative estimate of drug-likeness (QED) is 0.759. The molecule has 0 fully saturated rings. The summed E-state index contributed by atoms with van der Waals surface area (Å²) in [6.45, 7) is 13.4. The Bertz CT molecular complexity index is 791. The Morgan fingerprint density at radius 1 is 0.917 bits per heavy atom. The lowest BCUT2D eigenvalue weighted by Gasteiger charge is -2.16. The number of carbonyl (C=O) groups excluding carboxylic acids is 2. The van der Waals surface area contributed by atoms with Crippen molar-refractivity contribution in [3.8, 4) is 11.4 Å². The summed E-state index contributed by atoms with van der Waals surface area (Å²) in [6, 6.07) is 4.06. The van der Waals surface area contributed by atoms with Gasteiger partial charge in [-0.2, -0.15) is 0 Å². The molecule has 24 heavy (non-hydrogen) atoms. The second kappa shape index (κ2) is 6.63. The molecule has 1 aromatic heterocycles. The molecule has 0 saturated heterocycles. The van der Waals surface area contributed by atoms with E-state index < -0.39 is 0 Å². The van der Waals surface area contributed by atoms with Gasteiger partial charge in [-0.3, -0.25) is 9.59 Å². The number of aromatic nitrogens is 1. The van der Waals surface area contributed by atoms with Crippen LogP contribution in [0.2, 0.25) is 0 Å². The average molecular weight is 327 g/mol. The highest BCUT2D eigenvalue weighted by Gasteiger charge is 2.25. The summed E-state index contributed by atoms with van der Waals surface area (Å²) in [6.07, 6.45) is 0. The fourth-order valence-corrected chi connectivity index (χ4v) is 3.39. The highest BCUT2D eigenvalue weighted by Crippen LogP contribution is 2.31. The molecule has 4 heteroatoms. The van der Waals surface area contributed by atoms with Gasteiger partial charge in [0.25, 0.3) is 0 Å². The van der Waals surface area contributed by atoms with Gasteiger partial charge in [0.05, 0.1) is 6.61 Å². The molecule has 2 aromatic rings. The predicted octanol–water partition coefficient (Wildman–Crippen LogP) is 4.51. The Balaban J connectivity index is 2.79. The molecule has 0 spiro atoms. The molecular weight excluding hydrogens is 302 g/mol. The molecule has 0 amide bonds. The lowest BCUT2D eigenvalue weighted by Crippen LogP contribution is -2.05. The Labute approximate surface area is 143 Å². The minimum Gasteiger partial charge on any atom is -0.494 e. The van der Waals surface area contributed by atoms with Crippen LogP contribution < -0.4 is 4.74 Å². The summed E-state index contributed by atoms with van der Waals surface area (Å²) in [5.41, 5.74) is 5.68. The number of ketones is 2. The molecule has 128 valence electrons. The van der Waals surface area contributed by atoms with Crippen molar-refractivity contribution in [1.29, 1.82) is 0 Å². The van der Waals surface area contributed by atoms with E-state index in [2.05, 4.69) is 0 Å². The van der Waals surface area contributed by atoms with Crippen molar-refractivity contribution >= 4 is 11.6 Å². The third-order valence-corrected chi connectivity index (χ3v) is 4.38. The third kappa shape index (κ3) is 2.88. The molecular formula is C20H25NO3. The summed E-state index contributed by atoms with van der Waals surface area (Å²) in [5, 5.41) is 0. The minimum atomic E-state index is -0.0835. The normalized spacial score (nSPS) is 10.8. The van der Waals surface area contributed by atoms with Crippen molar-refractivity contribution in [2.45, 2.75) is 48.5 Å². The summed E-state index contributed by atoms with van der Waals surface area (Å²) >= 11 is 0. The van der Waals surface area contributed by atoms with Gasteiger partial charge in [0.1, 0.15) is 5.75 Å². The number of Topliss-reactive ketones (excluding diaryl/α,β-unsaturated/α-hetero) is 2. The van der Waals surface area contributed by atoms with Crippen LogP contribution in [-0.4, -0.2) is 22.7 Å². The van der Waals surface area contributed by atoms with Crippen molar-refractivity contribution in [3.63, 3.8) is 0 Å². The van der Waals surface area contributed by atoms with Crippen LogP contribution in [0.4, 0.5) is 0 Å². The number of aryl methyl sites for hydroxylation is 2. The average Bonchev–Trinajstić information content (AvgIpc) is 2.74. The highest BCUT2D eigenvalue weighted by atomic mass is 16.5. The summed E-state index contributed by atoms with van der Waals surface area (Å²) in [4.78, 5) is 24.2. The smallest absolute Gasteiger partial charge is 0.162 e. The zero-order chi connectivity index (χ0) is 18.2. The van der Waals surface area contributed by atoms with E-state index in [1.165, 1.54) is 13.8 Å². The largest absolute Gasteiger partial charge is 0.494 e. The van der Waals surface area contributed by atoms with Crippen LogP contribution in [0.3, 0.4) is 0 Å². The first kappa shape index (κ1) is 18.0. The second-order valence-corrected chi connectivity index (χ2v) is 6.21. The van der Waals surface area contributed by atoms with Crippen LogP contribution in [0.25, 0.3) is 5.69 Å². The van der Waals surface area contributed by atoms with Gasteiger partial charge in [-0.05, 0) is 71.7 Å². The zero-order valence-electron chi connectivity index (χ0n) is 15.5. The maximum atomic E-state index is 12.1. The first-order chi connectivity index (χ1) is 11.2. The maximum absolute atomic E-state index is 12.1. The van der Waals surface area contributed by atoms with E-state index >= 15 is 0 Å². The van der Waals surface area contributed by atoms with Crippen molar-refractivity contribution in [2.75, 3.05) is 6.61 Å². The molecule has 0 aliphatic rings. The van der Waals surface area contributed by atoms with Crippen LogP contribution in [0.15, 0.2) is 12.1 Å².